The maximum Gasteiger partial charge on any atom is 0.335 e. The molecule has 0 radical (unpaired) electrons. The smallest absolute Gasteiger partial charge is 0.335 e. The highest BCUT2D eigenvalue weighted by Gasteiger charge is 2.09. The van der Waals surface area contributed by atoms with Crippen LogP contribution in [0.3, 0.4) is 0 Å². The summed E-state index contributed by atoms with van der Waals surface area (Å²) in [5.41, 5.74) is 2.92. The summed E-state index contributed by atoms with van der Waals surface area (Å²) in [6.45, 7) is 1.96. The fourth-order valence-electron chi connectivity index (χ4n) is 2.46. The van der Waals surface area contributed by atoms with Crippen LogP contribution in [-0.4, -0.2) is 25.2 Å². The second-order valence-corrected chi connectivity index (χ2v) is 7.82. The number of carbonyl (C=O) groups is 1. The Morgan fingerprint density at radius 1 is 1.04 bits per heavy atom. The number of rotatable bonds is 9. The predicted molar refractivity (Wildman–Crippen MR) is 99.6 cm³/mol. The monoisotopic (exact) mass is 361 g/mol. The van der Waals surface area contributed by atoms with E-state index in [0.29, 0.717) is 12.1 Å². The highest BCUT2D eigenvalue weighted by molar-refractivity contribution is 7.92. The fraction of sp³-hybridized carbons (Fsp3) is 0.316. The molecule has 0 amide bonds. The van der Waals surface area contributed by atoms with E-state index in [1.165, 1.54) is 0 Å². The van der Waals surface area contributed by atoms with E-state index in [4.69, 9.17) is 5.11 Å². The van der Waals surface area contributed by atoms with Crippen LogP contribution in [0.1, 0.15) is 41.3 Å². The average Bonchev–Trinajstić information content (AvgIpc) is 2.58. The van der Waals surface area contributed by atoms with Crippen LogP contribution in [-0.2, 0) is 22.9 Å². The third-order valence-electron chi connectivity index (χ3n) is 3.87. The number of carboxylic acid groups (broad SMARTS) is 1. The van der Waals surface area contributed by atoms with Gasteiger partial charge < -0.3 is 5.11 Å². The molecule has 0 aliphatic heterocycles. The van der Waals surface area contributed by atoms with Gasteiger partial charge in [-0.2, -0.15) is 0 Å². The van der Waals surface area contributed by atoms with Gasteiger partial charge in [-0.1, -0.05) is 37.6 Å². The van der Waals surface area contributed by atoms with Crippen LogP contribution in [0.5, 0.6) is 0 Å². The van der Waals surface area contributed by atoms with Crippen molar-refractivity contribution < 1.29 is 18.3 Å². The molecule has 0 bridgehead atoms. The van der Waals surface area contributed by atoms with Crippen LogP contribution in [0, 0.1) is 0 Å². The predicted octanol–water partition coefficient (Wildman–Crippen LogP) is 3.71. The number of hydrogen-bond acceptors (Lipinski definition) is 3. The number of aromatic carboxylic acids is 1. The van der Waals surface area contributed by atoms with Gasteiger partial charge >= 0.3 is 5.97 Å². The Bertz CT molecular complexity index is 814. The lowest BCUT2D eigenvalue weighted by Crippen LogP contribution is -2.16. The van der Waals surface area contributed by atoms with E-state index < -0.39 is 16.0 Å². The molecule has 0 saturated carbocycles. The van der Waals surface area contributed by atoms with Gasteiger partial charge in [0.05, 0.1) is 11.3 Å². The summed E-state index contributed by atoms with van der Waals surface area (Å²) in [5, 5.41) is 8.90. The molecule has 0 saturated heterocycles. The van der Waals surface area contributed by atoms with Gasteiger partial charge in [-0.25, -0.2) is 13.2 Å². The first-order valence-corrected chi connectivity index (χ1v) is 9.96. The van der Waals surface area contributed by atoms with Crippen molar-refractivity contribution in [1.82, 2.24) is 0 Å². The molecule has 0 aromatic heterocycles. The minimum Gasteiger partial charge on any atom is -0.478 e. The largest absolute Gasteiger partial charge is 0.478 e. The lowest BCUT2D eigenvalue weighted by atomic mass is 10.0. The normalized spacial score (nSPS) is 11.2. The highest BCUT2D eigenvalue weighted by Crippen LogP contribution is 2.15. The van der Waals surface area contributed by atoms with Crippen LogP contribution in [0.25, 0.3) is 0 Å². The van der Waals surface area contributed by atoms with Gasteiger partial charge in [0.15, 0.2) is 0 Å². The van der Waals surface area contributed by atoms with Crippen molar-refractivity contribution in [3.63, 3.8) is 0 Å². The summed E-state index contributed by atoms with van der Waals surface area (Å²) in [4.78, 5) is 10.9. The molecule has 0 fully saturated rings. The number of aryl methyl sites for hydroxylation is 2. The minimum absolute atomic E-state index is 0.129. The molecule has 2 N–H and O–H groups in total. The van der Waals surface area contributed by atoms with Crippen LogP contribution in [0.2, 0.25) is 0 Å². The van der Waals surface area contributed by atoms with E-state index in [2.05, 4.69) is 4.72 Å². The van der Waals surface area contributed by atoms with E-state index in [1.54, 1.807) is 30.3 Å². The van der Waals surface area contributed by atoms with Crippen LogP contribution in [0.4, 0.5) is 5.69 Å². The maximum absolute atomic E-state index is 12.0. The van der Waals surface area contributed by atoms with Crippen molar-refractivity contribution in [3.8, 4) is 0 Å². The molecule has 2 aromatic rings. The van der Waals surface area contributed by atoms with Crippen molar-refractivity contribution in [2.24, 2.45) is 0 Å². The Morgan fingerprint density at radius 2 is 1.72 bits per heavy atom. The molecule has 0 aliphatic carbocycles. The number of benzene rings is 2. The van der Waals surface area contributed by atoms with E-state index in [-0.39, 0.29) is 11.3 Å². The summed E-state index contributed by atoms with van der Waals surface area (Å²) in [7, 11) is -3.30. The fourth-order valence-corrected chi connectivity index (χ4v) is 3.71. The molecule has 6 heteroatoms. The van der Waals surface area contributed by atoms with Gasteiger partial charge in [-0.3, -0.25) is 4.72 Å². The molecular formula is C19H23NO4S. The summed E-state index contributed by atoms with van der Waals surface area (Å²) < 4.78 is 26.6. The Balaban J connectivity index is 1.98. The minimum atomic E-state index is -3.30. The third-order valence-corrected chi connectivity index (χ3v) is 5.24. The molecule has 2 rings (SSSR count). The topological polar surface area (TPSA) is 83.5 Å². The Morgan fingerprint density at radius 3 is 2.36 bits per heavy atom. The second-order valence-electron chi connectivity index (χ2n) is 5.98. The quantitative estimate of drug-likeness (QED) is 0.713. The SMILES string of the molecule is CCCCS(=O)(=O)Nc1cccc(CCc2ccc(C(=O)O)cc2)c1. The zero-order valence-corrected chi connectivity index (χ0v) is 15.1. The van der Waals surface area contributed by atoms with Crippen molar-refractivity contribution in [3.05, 3.63) is 65.2 Å². The molecular weight excluding hydrogens is 338 g/mol. The Kier molecular flexibility index (Phi) is 6.58. The summed E-state index contributed by atoms with van der Waals surface area (Å²) in [6, 6.07) is 14.2. The summed E-state index contributed by atoms with van der Waals surface area (Å²) >= 11 is 0. The van der Waals surface area contributed by atoms with E-state index >= 15 is 0 Å². The first-order valence-electron chi connectivity index (χ1n) is 8.31. The van der Waals surface area contributed by atoms with Crippen LogP contribution in [0.15, 0.2) is 48.5 Å². The first kappa shape index (κ1) is 19.0. The highest BCUT2D eigenvalue weighted by atomic mass is 32.2. The third kappa shape index (κ3) is 6.23. The van der Waals surface area contributed by atoms with E-state index in [9.17, 15) is 13.2 Å². The molecule has 0 aliphatic rings. The van der Waals surface area contributed by atoms with Gasteiger partial charge in [0.25, 0.3) is 0 Å². The molecule has 0 unspecified atom stereocenters. The zero-order valence-electron chi connectivity index (χ0n) is 14.2. The lowest BCUT2D eigenvalue weighted by molar-refractivity contribution is 0.0697. The van der Waals surface area contributed by atoms with E-state index in [0.717, 1.165) is 30.4 Å². The van der Waals surface area contributed by atoms with Crippen LogP contribution >= 0.6 is 0 Å². The summed E-state index contributed by atoms with van der Waals surface area (Å²) in [5.74, 6) is -0.807. The summed E-state index contributed by atoms with van der Waals surface area (Å²) in [6.07, 6.45) is 2.98. The van der Waals surface area contributed by atoms with Crippen LogP contribution < -0.4 is 4.72 Å². The molecule has 25 heavy (non-hydrogen) atoms. The van der Waals surface area contributed by atoms with Gasteiger partial charge in [-0.15, -0.1) is 0 Å². The number of anilines is 1. The Labute approximate surface area is 148 Å². The van der Waals surface area contributed by atoms with Gasteiger partial charge in [0.2, 0.25) is 10.0 Å². The average molecular weight is 361 g/mol. The molecule has 0 spiro atoms. The van der Waals surface area contributed by atoms with Crippen molar-refractivity contribution in [2.45, 2.75) is 32.6 Å². The van der Waals surface area contributed by atoms with Gasteiger partial charge in [0, 0.05) is 5.69 Å². The first-order chi connectivity index (χ1) is 11.9. The van der Waals surface area contributed by atoms with E-state index in [1.807, 2.05) is 25.1 Å². The van der Waals surface area contributed by atoms with Crippen molar-refractivity contribution in [2.75, 3.05) is 10.5 Å². The van der Waals surface area contributed by atoms with Gasteiger partial charge in [-0.05, 0) is 54.7 Å². The molecule has 0 heterocycles. The molecule has 0 atom stereocenters. The van der Waals surface area contributed by atoms with Crippen molar-refractivity contribution >= 4 is 21.7 Å². The number of carboxylic acids is 1. The molecule has 2 aromatic carbocycles. The van der Waals surface area contributed by atoms with Crippen molar-refractivity contribution in [1.29, 1.82) is 0 Å². The zero-order chi connectivity index (χ0) is 18.3. The number of nitrogens with one attached hydrogen (secondary N) is 1. The number of unbranched alkanes of at least 4 members (excludes halogenated alkanes) is 1. The lowest BCUT2D eigenvalue weighted by Gasteiger charge is -2.09. The molecule has 5 nitrogen and oxygen atoms in total. The Hall–Kier alpha value is -2.34. The number of hydrogen-bond donors (Lipinski definition) is 2. The molecule has 134 valence electrons. The second kappa shape index (κ2) is 8.67. The van der Waals surface area contributed by atoms with Gasteiger partial charge in [0.1, 0.15) is 0 Å². The standard InChI is InChI=1S/C19H23NO4S/c1-2-3-13-25(23,24)20-18-6-4-5-16(14-18)8-7-15-9-11-17(12-10-15)19(21)22/h4-6,9-12,14,20H,2-3,7-8,13H2,1H3,(H,21,22). The number of sulfonamides is 1. The maximum atomic E-state index is 12.0.